The second-order valence-corrected chi connectivity index (χ2v) is 6.27. The predicted molar refractivity (Wildman–Crippen MR) is 89.7 cm³/mol. The Kier molecular flexibility index (Phi) is 5.03. The van der Waals surface area contributed by atoms with Crippen LogP contribution in [0.2, 0.25) is 0 Å². The number of ether oxygens (including phenoxy) is 1. The number of rotatable bonds is 4. The molecule has 0 bridgehead atoms. The van der Waals surface area contributed by atoms with Crippen molar-refractivity contribution in [3.05, 3.63) is 54.7 Å². The molecule has 0 atom stereocenters. The Balaban J connectivity index is 2.10. The van der Waals surface area contributed by atoms with Gasteiger partial charge in [0.05, 0.1) is 5.56 Å². The molecular formula is C14H10I2O3. The Morgan fingerprint density at radius 1 is 1.16 bits per heavy atom. The number of hydrogen-bond donors (Lipinski definition) is 1. The van der Waals surface area contributed by atoms with Crippen molar-refractivity contribution in [3.8, 4) is 11.5 Å². The number of phenolic OH excluding ortho intramolecular Hbond substituents is 1. The van der Waals surface area contributed by atoms with Crippen LogP contribution in [0.1, 0.15) is 15.9 Å². The van der Waals surface area contributed by atoms with Gasteiger partial charge in [-0.1, -0.05) is 6.07 Å². The van der Waals surface area contributed by atoms with Crippen molar-refractivity contribution < 1.29 is 14.6 Å². The molecule has 2 rings (SSSR count). The minimum atomic E-state index is -0.0650. The summed E-state index contributed by atoms with van der Waals surface area (Å²) in [5, 5.41) is 9.57. The first-order chi connectivity index (χ1) is 9.10. The molecule has 0 aliphatic carbocycles. The van der Waals surface area contributed by atoms with Gasteiger partial charge in [-0.05, 0) is 69.4 Å². The molecule has 2 aromatic carbocycles. The molecule has 0 unspecified atom stereocenters. The third-order valence-electron chi connectivity index (χ3n) is 2.54. The van der Waals surface area contributed by atoms with Crippen LogP contribution in [0.15, 0.2) is 36.4 Å². The highest BCUT2D eigenvalue weighted by atomic mass is 127. The summed E-state index contributed by atoms with van der Waals surface area (Å²) < 4.78 is 7.93. The topological polar surface area (TPSA) is 46.5 Å². The molecule has 98 valence electrons. The van der Waals surface area contributed by atoms with Gasteiger partial charge in [0.25, 0.3) is 0 Å². The fourth-order valence-electron chi connectivity index (χ4n) is 1.51. The Morgan fingerprint density at radius 2 is 1.95 bits per heavy atom. The third kappa shape index (κ3) is 3.82. The molecule has 0 saturated heterocycles. The average molecular weight is 480 g/mol. The van der Waals surface area contributed by atoms with Gasteiger partial charge in [0.1, 0.15) is 18.1 Å². The number of carbonyl (C=O) groups excluding carboxylic acids is 1. The van der Waals surface area contributed by atoms with Crippen molar-refractivity contribution in [3.63, 3.8) is 0 Å². The molecule has 0 fully saturated rings. The van der Waals surface area contributed by atoms with Crippen LogP contribution in [0.4, 0.5) is 0 Å². The van der Waals surface area contributed by atoms with Crippen LogP contribution >= 0.6 is 45.2 Å². The fraction of sp³-hybridized carbons (Fsp3) is 0.0714. The van der Waals surface area contributed by atoms with Crippen molar-refractivity contribution in [1.29, 1.82) is 0 Å². The molecule has 3 nitrogen and oxygen atoms in total. The van der Waals surface area contributed by atoms with Crippen LogP contribution in [0.3, 0.4) is 0 Å². The summed E-state index contributed by atoms with van der Waals surface area (Å²) in [6, 6.07) is 10.8. The van der Waals surface area contributed by atoms with Crippen molar-refractivity contribution in [2.24, 2.45) is 0 Å². The van der Waals surface area contributed by atoms with E-state index in [0.29, 0.717) is 18.6 Å². The van der Waals surface area contributed by atoms with Crippen LogP contribution < -0.4 is 4.74 Å². The number of phenols is 1. The van der Waals surface area contributed by atoms with E-state index in [2.05, 4.69) is 51.2 Å². The van der Waals surface area contributed by atoms with E-state index in [9.17, 15) is 9.90 Å². The minimum Gasteiger partial charge on any atom is -0.507 e. The van der Waals surface area contributed by atoms with Crippen molar-refractivity contribution in [2.75, 3.05) is 0 Å². The lowest BCUT2D eigenvalue weighted by Gasteiger charge is -2.09. The van der Waals surface area contributed by atoms with E-state index in [-0.39, 0.29) is 11.3 Å². The number of aromatic hydroxyl groups is 1. The lowest BCUT2D eigenvalue weighted by Crippen LogP contribution is -1.98. The number of benzene rings is 2. The zero-order valence-corrected chi connectivity index (χ0v) is 14.1. The molecule has 0 spiro atoms. The number of halogens is 2. The van der Waals surface area contributed by atoms with E-state index < -0.39 is 0 Å². The van der Waals surface area contributed by atoms with Crippen molar-refractivity contribution >= 4 is 51.5 Å². The molecule has 19 heavy (non-hydrogen) atoms. The number of hydrogen-bond acceptors (Lipinski definition) is 3. The summed E-state index contributed by atoms with van der Waals surface area (Å²) in [7, 11) is 0. The summed E-state index contributed by atoms with van der Waals surface area (Å²) in [6.45, 7) is 0.426. The van der Waals surface area contributed by atoms with E-state index in [4.69, 9.17) is 4.74 Å². The molecule has 0 heterocycles. The van der Waals surface area contributed by atoms with E-state index >= 15 is 0 Å². The van der Waals surface area contributed by atoms with E-state index in [1.54, 1.807) is 6.07 Å². The van der Waals surface area contributed by atoms with Gasteiger partial charge in [-0.2, -0.15) is 0 Å². The van der Waals surface area contributed by atoms with Crippen LogP contribution in [0, 0.1) is 7.14 Å². The molecular weight excluding hydrogens is 470 g/mol. The molecule has 0 aliphatic rings. The fourth-order valence-corrected chi connectivity index (χ4v) is 3.27. The van der Waals surface area contributed by atoms with Gasteiger partial charge < -0.3 is 9.84 Å². The van der Waals surface area contributed by atoms with E-state index in [1.165, 1.54) is 15.7 Å². The van der Waals surface area contributed by atoms with Gasteiger partial charge in [-0.25, -0.2) is 0 Å². The Bertz CT molecular complexity index is 612. The number of carbonyl (C=O) groups is 1. The molecule has 5 heteroatoms. The lowest BCUT2D eigenvalue weighted by molar-refractivity contribution is 0.112. The highest BCUT2D eigenvalue weighted by Crippen LogP contribution is 2.24. The molecule has 0 aromatic heterocycles. The molecule has 1 N–H and O–H groups in total. The summed E-state index contributed by atoms with van der Waals surface area (Å²) in [5.41, 5.74) is 1.34. The zero-order chi connectivity index (χ0) is 13.8. The largest absolute Gasteiger partial charge is 0.507 e. The first-order valence-corrected chi connectivity index (χ1v) is 7.61. The second kappa shape index (κ2) is 6.56. The van der Waals surface area contributed by atoms with Crippen LogP contribution in [-0.4, -0.2) is 11.4 Å². The Labute approximate surface area is 138 Å². The molecule has 2 aromatic rings. The summed E-state index contributed by atoms with van der Waals surface area (Å²) in [6.07, 6.45) is 0.612. The second-order valence-electron chi connectivity index (χ2n) is 3.86. The van der Waals surface area contributed by atoms with Crippen molar-refractivity contribution in [2.45, 2.75) is 6.61 Å². The molecule has 0 radical (unpaired) electrons. The Morgan fingerprint density at radius 3 is 2.58 bits per heavy atom. The summed E-state index contributed by atoms with van der Waals surface area (Å²) >= 11 is 4.53. The van der Waals surface area contributed by atoms with Gasteiger partial charge in [0.2, 0.25) is 0 Å². The van der Waals surface area contributed by atoms with Crippen LogP contribution in [-0.2, 0) is 6.61 Å². The Hall–Kier alpha value is -0.830. The smallest absolute Gasteiger partial charge is 0.153 e. The van der Waals surface area contributed by atoms with Crippen LogP contribution in [0.25, 0.3) is 0 Å². The van der Waals surface area contributed by atoms with Crippen LogP contribution in [0.5, 0.6) is 11.5 Å². The SMILES string of the molecule is O=Cc1ccc(OCc2ccc(I)cc2I)cc1O. The highest BCUT2D eigenvalue weighted by molar-refractivity contribution is 14.1. The maximum Gasteiger partial charge on any atom is 0.153 e. The zero-order valence-electron chi connectivity index (χ0n) is 9.77. The van der Waals surface area contributed by atoms with Gasteiger partial charge in [-0.15, -0.1) is 0 Å². The molecule has 0 saturated carbocycles. The average Bonchev–Trinajstić information content (AvgIpc) is 2.38. The molecule has 0 aliphatic heterocycles. The summed E-state index contributed by atoms with van der Waals surface area (Å²) in [5.74, 6) is 0.474. The quantitative estimate of drug-likeness (QED) is 0.532. The van der Waals surface area contributed by atoms with E-state index in [0.717, 1.165) is 9.13 Å². The lowest BCUT2D eigenvalue weighted by atomic mass is 10.2. The third-order valence-corrected chi connectivity index (χ3v) is 4.21. The predicted octanol–water partition coefficient (Wildman–Crippen LogP) is 3.99. The van der Waals surface area contributed by atoms with E-state index in [1.807, 2.05) is 12.1 Å². The molecule has 0 amide bonds. The highest BCUT2D eigenvalue weighted by Gasteiger charge is 2.05. The normalized spacial score (nSPS) is 10.2. The minimum absolute atomic E-state index is 0.0650. The first kappa shape index (κ1) is 14.6. The van der Waals surface area contributed by atoms with Gasteiger partial charge in [0.15, 0.2) is 6.29 Å². The summed E-state index contributed by atoms with van der Waals surface area (Å²) in [4.78, 5) is 10.6. The van der Waals surface area contributed by atoms with Gasteiger partial charge in [0, 0.05) is 18.8 Å². The monoisotopic (exact) mass is 480 g/mol. The van der Waals surface area contributed by atoms with Crippen molar-refractivity contribution in [1.82, 2.24) is 0 Å². The van der Waals surface area contributed by atoms with Gasteiger partial charge in [-0.3, -0.25) is 4.79 Å². The maximum absolute atomic E-state index is 10.6. The number of aldehydes is 1. The standard InChI is InChI=1S/C14H10I2O3/c15-11-3-1-10(13(16)5-11)8-19-12-4-2-9(7-17)14(18)6-12/h1-7,18H,8H2. The van der Waals surface area contributed by atoms with Gasteiger partial charge >= 0.3 is 0 Å². The first-order valence-electron chi connectivity index (χ1n) is 5.45. The maximum atomic E-state index is 10.6.